The highest BCUT2D eigenvalue weighted by Crippen LogP contribution is 2.25. The Balaban J connectivity index is 1.86. The fraction of sp³-hybridized carbons (Fsp3) is 0.200. The van der Waals surface area contributed by atoms with Crippen LogP contribution in [0.3, 0.4) is 0 Å². The molecule has 0 unspecified atom stereocenters. The number of hydrogen-bond donors (Lipinski definition) is 1. The molecule has 6 heteroatoms. The van der Waals surface area contributed by atoms with Gasteiger partial charge < -0.3 is 9.84 Å². The fourth-order valence-corrected chi connectivity index (χ4v) is 3.05. The van der Waals surface area contributed by atoms with Crippen LogP contribution in [-0.2, 0) is 11.2 Å². The summed E-state index contributed by atoms with van der Waals surface area (Å²) in [6.07, 6.45) is 3.76. The van der Waals surface area contributed by atoms with Crippen LogP contribution in [0.2, 0.25) is 0 Å². The molecular formula is C15H14N2O3S. The number of aromatic nitrogens is 2. The molecule has 0 atom stereocenters. The third kappa shape index (κ3) is 2.90. The Labute approximate surface area is 125 Å². The largest absolute Gasteiger partial charge is 0.494 e. The Hall–Kier alpha value is -2.34. The molecule has 3 aromatic rings. The first-order chi connectivity index (χ1) is 10.2. The van der Waals surface area contributed by atoms with Crippen LogP contribution in [0.25, 0.3) is 16.2 Å². The monoisotopic (exact) mass is 302 g/mol. The summed E-state index contributed by atoms with van der Waals surface area (Å²) >= 11 is 1.40. The Morgan fingerprint density at radius 3 is 2.71 bits per heavy atom. The third-order valence-corrected chi connectivity index (χ3v) is 3.99. The smallest absolute Gasteiger partial charge is 0.308 e. The van der Waals surface area contributed by atoms with Crippen molar-refractivity contribution in [2.45, 2.75) is 13.3 Å². The minimum Gasteiger partial charge on any atom is -0.494 e. The van der Waals surface area contributed by atoms with Gasteiger partial charge in [0, 0.05) is 22.8 Å². The summed E-state index contributed by atoms with van der Waals surface area (Å²) in [5.74, 6) is 0.0113. The molecule has 0 bridgehead atoms. The molecule has 2 heterocycles. The van der Waals surface area contributed by atoms with Crippen molar-refractivity contribution in [2.75, 3.05) is 6.61 Å². The molecule has 0 aliphatic rings. The lowest BCUT2D eigenvalue weighted by Gasteiger charge is -2.02. The Morgan fingerprint density at radius 1 is 1.33 bits per heavy atom. The lowest BCUT2D eigenvalue weighted by molar-refractivity contribution is -0.136. The van der Waals surface area contributed by atoms with Gasteiger partial charge in [0.1, 0.15) is 5.75 Å². The number of rotatable bonds is 5. The molecule has 21 heavy (non-hydrogen) atoms. The first-order valence-electron chi connectivity index (χ1n) is 6.58. The van der Waals surface area contributed by atoms with E-state index in [4.69, 9.17) is 9.84 Å². The fourth-order valence-electron chi connectivity index (χ4n) is 2.10. The molecule has 0 fully saturated rings. The SMILES string of the molecule is CCOc1ccc(-c2cn3cc(CC(=O)O)sc3n2)cc1. The molecule has 0 aliphatic heterocycles. The van der Waals surface area contributed by atoms with E-state index >= 15 is 0 Å². The Morgan fingerprint density at radius 2 is 2.10 bits per heavy atom. The molecule has 0 saturated carbocycles. The molecule has 1 N–H and O–H groups in total. The molecule has 3 rings (SSSR count). The van der Waals surface area contributed by atoms with Crippen molar-refractivity contribution < 1.29 is 14.6 Å². The lowest BCUT2D eigenvalue weighted by atomic mass is 10.2. The number of nitrogens with zero attached hydrogens (tertiary/aromatic N) is 2. The van der Waals surface area contributed by atoms with Crippen molar-refractivity contribution >= 4 is 22.3 Å². The number of imidazole rings is 1. The zero-order chi connectivity index (χ0) is 14.8. The van der Waals surface area contributed by atoms with Crippen molar-refractivity contribution in [3.05, 3.63) is 41.5 Å². The summed E-state index contributed by atoms with van der Waals surface area (Å²) in [4.78, 5) is 16.8. The van der Waals surface area contributed by atoms with Gasteiger partial charge in [0.25, 0.3) is 0 Å². The quantitative estimate of drug-likeness (QED) is 0.786. The predicted molar refractivity (Wildman–Crippen MR) is 81.0 cm³/mol. The first-order valence-corrected chi connectivity index (χ1v) is 7.40. The molecule has 0 saturated heterocycles. The molecule has 5 nitrogen and oxygen atoms in total. The second-order valence-corrected chi connectivity index (χ2v) is 5.64. The number of carbonyl (C=O) groups is 1. The van der Waals surface area contributed by atoms with E-state index in [1.54, 1.807) is 0 Å². The van der Waals surface area contributed by atoms with E-state index in [1.165, 1.54) is 11.3 Å². The van der Waals surface area contributed by atoms with E-state index in [1.807, 2.05) is 48.0 Å². The van der Waals surface area contributed by atoms with E-state index in [9.17, 15) is 4.79 Å². The van der Waals surface area contributed by atoms with Crippen LogP contribution >= 0.6 is 11.3 Å². The molecule has 0 amide bonds. The number of carboxylic acid groups (broad SMARTS) is 1. The van der Waals surface area contributed by atoms with Gasteiger partial charge in [-0.3, -0.25) is 9.20 Å². The molecule has 1 aromatic carbocycles. The van der Waals surface area contributed by atoms with Gasteiger partial charge in [-0.1, -0.05) is 0 Å². The average molecular weight is 302 g/mol. The van der Waals surface area contributed by atoms with Crippen molar-refractivity contribution in [1.29, 1.82) is 0 Å². The number of ether oxygens (including phenoxy) is 1. The van der Waals surface area contributed by atoms with E-state index in [0.29, 0.717) is 6.61 Å². The van der Waals surface area contributed by atoms with Gasteiger partial charge in [0.05, 0.1) is 18.7 Å². The lowest BCUT2D eigenvalue weighted by Crippen LogP contribution is -1.97. The van der Waals surface area contributed by atoms with Crippen LogP contribution < -0.4 is 4.74 Å². The summed E-state index contributed by atoms with van der Waals surface area (Å²) in [5.41, 5.74) is 1.88. The zero-order valence-corrected chi connectivity index (χ0v) is 12.3. The summed E-state index contributed by atoms with van der Waals surface area (Å²) in [6, 6.07) is 7.77. The van der Waals surface area contributed by atoms with Gasteiger partial charge in [0.15, 0.2) is 4.96 Å². The summed E-state index contributed by atoms with van der Waals surface area (Å²) < 4.78 is 7.28. The molecular weight excluding hydrogens is 288 g/mol. The topological polar surface area (TPSA) is 63.8 Å². The Kier molecular flexibility index (Phi) is 3.62. The number of fused-ring (bicyclic) bond motifs is 1. The van der Waals surface area contributed by atoms with E-state index in [-0.39, 0.29) is 6.42 Å². The van der Waals surface area contributed by atoms with Gasteiger partial charge in [0.2, 0.25) is 0 Å². The minimum atomic E-state index is -0.828. The maximum atomic E-state index is 10.7. The van der Waals surface area contributed by atoms with Gasteiger partial charge in [-0.2, -0.15) is 0 Å². The zero-order valence-electron chi connectivity index (χ0n) is 11.4. The number of aliphatic carboxylic acids is 1. The summed E-state index contributed by atoms with van der Waals surface area (Å²) in [6.45, 7) is 2.60. The van der Waals surface area contributed by atoms with E-state index < -0.39 is 5.97 Å². The number of benzene rings is 1. The molecule has 0 aliphatic carbocycles. The molecule has 0 spiro atoms. The number of hydrogen-bond acceptors (Lipinski definition) is 4. The van der Waals surface area contributed by atoms with Crippen molar-refractivity contribution in [2.24, 2.45) is 0 Å². The van der Waals surface area contributed by atoms with Gasteiger partial charge in [-0.25, -0.2) is 4.98 Å². The normalized spacial score (nSPS) is 10.9. The second-order valence-electron chi connectivity index (χ2n) is 4.54. The summed E-state index contributed by atoms with van der Waals surface area (Å²) in [5, 5.41) is 8.80. The predicted octanol–water partition coefficient (Wildman–Crippen LogP) is 3.09. The van der Waals surface area contributed by atoms with Crippen molar-refractivity contribution in [1.82, 2.24) is 9.38 Å². The van der Waals surface area contributed by atoms with E-state index in [2.05, 4.69) is 4.98 Å². The average Bonchev–Trinajstić information content (AvgIpc) is 2.97. The second kappa shape index (κ2) is 5.57. The van der Waals surface area contributed by atoms with Gasteiger partial charge in [-0.05, 0) is 31.2 Å². The minimum absolute atomic E-state index is 0.0341. The third-order valence-electron chi connectivity index (χ3n) is 2.99. The Bertz CT molecular complexity index is 742. The highest BCUT2D eigenvalue weighted by Gasteiger charge is 2.10. The summed E-state index contributed by atoms with van der Waals surface area (Å²) in [7, 11) is 0. The van der Waals surface area contributed by atoms with Crippen LogP contribution in [-0.4, -0.2) is 27.1 Å². The number of thiazole rings is 1. The highest BCUT2D eigenvalue weighted by molar-refractivity contribution is 7.17. The maximum absolute atomic E-state index is 10.7. The molecule has 108 valence electrons. The van der Waals surface area contributed by atoms with Gasteiger partial charge in [-0.15, -0.1) is 11.3 Å². The van der Waals surface area contributed by atoms with Gasteiger partial charge >= 0.3 is 5.97 Å². The van der Waals surface area contributed by atoms with Crippen LogP contribution in [0.15, 0.2) is 36.7 Å². The number of carboxylic acids is 1. The van der Waals surface area contributed by atoms with Crippen LogP contribution in [0.1, 0.15) is 11.8 Å². The standard InChI is InChI=1S/C15H14N2O3S/c1-2-20-11-5-3-10(4-6-11)13-9-17-8-12(7-14(18)19)21-15(17)16-13/h3-6,8-9H,2,7H2,1H3,(H,18,19). The van der Waals surface area contributed by atoms with Crippen LogP contribution in [0, 0.1) is 0 Å². The van der Waals surface area contributed by atoms with Crippen molar-refractivity contribution in [3.63, 3.8) is 0 Å². The molecule has 0 radical (unpaired) electrons. The first kappa shape index (κ1) is 13.6. The van der Waals surface area contributed by atoms with Crippen LogP contribution in [0.4, 0.5) is 0 Å². The van der Waals surface area contributed by atoms with E-state index in [0.717, 1.165) is 26.8 Å². The van der Waals surface area contributed by atoms with Crippen molar-refractivity contribution in [3.8, 4) is 17.0 Å². The van der Waals surface area contributed by atoms with Crippen LogP contribution in [0.5, 0.6) is 5.75 Å². The molecule has 2 aromatic heterocycles. The highest BCUT2D eigenvalue weighted by atomic mass is 32.1. The maximum Gasteiger partial charge on any atom is 0.308 e.